The number of hydrogen-bond donors (Lipinski definition) is 0. The summed E-state index contributed by atoms with van der Waals surface area (Å²) in [6, 6.07) is 8.23. The fraction of sp³-hybridized carbons (Fsp3) is 0.633. The van der Waals surface area contributed by atoms with Crippen LogP contribution in [0.3, 0.4) is 0 Å². The first kappa shape index (κ1) is 25.3. The molecule has 3 fully saturated rings. The molecule has 8 nitrogen and oxygen atoms in total. The summed E-state index contributed by atoms with van der Waals surface area (Å²) >= 11 is 0. The zero-order valence-electron chi connectivity index (χ0n) is 23.7. The van der Waals surface area contributed by atoms with Crippen molar-refractivity contribution < 1.29 is 19.1 Å². The van der Waals surface area contributed by atoms with E-state index in [4.69, 9.17) is 14.6 Å². The zero-order valence-corrected chi connectivity index (χ0v) is 23.7. The molecule has 1 aromatic heterocycles. The lowest BCUT2D eigenvalue weighted by Gasteiger charge is -2.51. The molecule has 1 aromatic carbocycles. The monoisotopic (exact) mass is 520 g/mol. The number of aromatic nitrogens is 2. The Labute approximate surface area is 225 Å². The van der Waals surface area contributed by atoms with Crippen molar-refractivity contribution in [2.24, 2.45) is 11.8 Å². The summed E-state index contributed by atoms with van der Waals surface area (Å²) < 4.78 is 14.6. The van der Waals surface area contributed by atoms with Gasteiger partial charge >= 0.3 is 6.09 Å². The Bertz CT molecular complexity index is 1300. The third-order valence-electron chi connectivity index (χ3n) is 8.80. The molecule has 3 aliphatic heterocycles. The van der Waals surface area contributed by atoms with Crippen molar-refractivity contribution in [1.29, 1.82) is 0 Å². The molecule has 0 N–H and O–H groups in total. The molecule has 1 aliphatic carbocycles. The van der Waals surface area contributed by atoms with Crippen molar-refractivity contribution in [3.63, 3.8) is 0 Å². The van der Waals surface area contributed by atoms with Crippen molar-refractivity contribution in [2.45, 2.75) is 90.5 Å². The van der Waals surface area contributed by atoms with Gasteiger partial charge in [0, 0.05) is 34.8 Å². The number of amides is 2. The second-order valence-electron chi connectivity index (χ2n) is 13.5. The molecule has 38 heavy (non-hydrogen) atoms. The standard InChI is InChI=1S/C30H40N4O4/c1-18-14-22(18)26(35)32-16-30(17-32)24-19(2)34(31-25(24)21-10-8-9-11-23(21)37-30)20-12-13-33(29(6,7)15-20)27(36)38-28(3,4)5/h8-11,18,20,22H,12-17H2,1-7H3/t18-,20?,22-/m0/s1. The molecule has 0 bridgehead atoms. The third kappa shape index (κ3) is 3.98. The van der Waals surface area contributed by atoms with Crippen molar-refractivity contribution in [3.8, 4) is 17.0 Å². The molecular formula is C30H40N4O4. The number of likely N-dealkylation sites (tertiary alicyclic amines) is 2. The maximum atomic E-state index is 13.0. The predicted octanol–water partition coefficient (Wildman–Crippen LogP) is 5.30. The van der Waals surface area contributed by atoms with Gasteiger partial charge in [-0.3, -0.25) is 9.48 Å². The minimum atomic E-state index is -0.563. The number of carbonyl (C=O) groups is 2. The van der Waals surface area contributed by atoms with Crippen LogP contribution in [-0.2, 0) is 15.1 Å². The van der Waals surface area contributed by atoms with Crippen LogP contribution in [0, 0.1) is 18.8 Å². The van der Waals surface area contributed by atoms with Gasteiger partial charge in [-0.25, -0.2) is 4.79 Å². The molecule has 3 atom stereocenters. The molecule has 6 rings (SSSR count). The number of hydrogen-bond acceptors (Lipinski definition) is 5. The van der Waals surface area contributed by atoms with E-state index < -0.39 is 11.2 Å². The Morgan fingerprint density at radius 3 is 2.47 bits per heavy atom. The summed E-state index contributed by atoms with van der Waals surface area (Å²) in [5.41, 5.74) is 2.69. The Morgan fingerprint density at radius 1 is 1.16 bits per heavy atom. The molecule has 1 unspecified atom stereocenters. The van der Waals surface area contributed by atoms with Crippen LogP contribution >= 0.6 is 0 Å². The highest BCUT2D eigenvalue weighted by Crippen LogP contribution is 2.52. The lowest BCUT2D eigenvalue weighted by Crippen LogP contribution is -2.65. The summed E-state index contributed by atoms with van der Waals surface area (Å²) in [5, 5.41) is 5.22. The fourth-order valence-corrected chi connectivity index (χ4v) is 6.70. The van der Waals surface area contributed by atoms with Crippen LogP contribution in [0.5, 0.6) is 5.75 Å². The summed E-state index contributed by atoms with van der Waals surface area (Å²) in [4.78, 5) is 29.8. The van der Waals surface area contributed by atoms with E-state index in [2.05, 4.69) is 38.4 Å². The predicted molar refractivity (Wildman–Crippen MR) is 144 cm³/mol. The van der Waals surface area contributed by atoms with Gasteiger partial charge in [0.2, 0.25) is 5.91 Å². The first-order chi connectivity index (χ1) is 17.8. The molecular weight excluding hydrogens is 480 g/mol. The van der Waals surface area contributed by atoms with E-state index in [1.165, 1.54) is 0 Å². The van der Waals surface area contributed by atoms with Crippen molar-refractivity contribution >= 4 is 12.0 Å². The molecule has 0 radical (unpaired) electrons. The van der Waals surface area contributed by atoms with E-state index in [1.807, 2.05) is 48.8 Å². The van der Waals surface area contributed by atoms with Crippen LogP contribution in [0.15, 0.2) is 24.3 Å². The first-order valence-electron chi connectivity index (χ1n) is 14.0. The van der Waals surface area contributed by atoms with Crippen LogP contribution in [0.25, 0.3) is 11.3 Å². The number of nitrogens with zero attached hydrogens (tertiary/aromatic N) is 4. The van der Waals surface area contributed by atoms with E-state index in [1.54, 1.807) is 0 Å². The van der Waals surface area contributed by atoms with Gasteiger partial charge in [-0.1, -0.05) is 19.1 Å². The highest BCUT2D eigenvalue weighted by Gasteiger charge is 2.57. The number of fused-ring (bicyclic) bond motifs is 4. The Hall–Kier alpha value is -3.03. The molecule has 204 valence electrons. The van der Waals surface area contributed by atoms with Crippen LogP contribution < -0.4 is 4.74 Å². The van der Waals surface area contributed by atoms with Crippen LogP contribution in [0.4, 0.5) is 4.79 Å². The minimum Gasteiger partial charge on any atom is -0.478 e. The van der Waals surface area contributed by atoms with Crippen LogP contribution in [-0.4, -0.2) is 62.4 Å². The molecule has 4 heterocycles. The minimum absolute atomic E-state index is 0.142. The van der Waals surface area contributed by atoms with Gasteiger partial charge in [0.15, 0.2) is 5.60 Å². The smallest absolute Gasteiger partial charge is 0.410 e. The van der Waals surface area contributed by atoms with Gasteiger partial charge < -0.3 is 19.3 Å². The lowest BCUT2D eigenvalue weighted by molar-refractivity contribution is -0.154. The summed E-state index contributed by atoms with van der Waals surface area (Å²) in [5.74, 6) is 1.75. The summed E-state index contributed by atoms with van der Waals surface area (Å²) in [6.07, 6.45) is 2.30. The second-order valence-corrected chi connectivity index (χ2v) is 13.5. The SMILES string of the molecule is Cc1c2c(nn1C1CCN(C(=O)OC(C)(C)C)C(C)(C)C1)-c1ccccc1OC21CN(C(=O)[C@H]2C[C@@H]2C)C1. The van der Waals surface area contributed by atoms with Gasteiger partial charge in [-0.2, -0.15) is 5.10 Å². The van der Waals surface area contributed by atoms with E-state index >= 15 is 0 Å². The quantitative estimate of drug-likeness (QED) is 0.537. The molecule has 1 spiro atoms. The van der Waals surface area contributed by atoms with Gasteiger partial charge in [-0.15, -0.1) is 0 Å². The first-order valence-corrected chi connectivity index (χ1v) is 14.0. The number of piperidine rings is 1. The van der Waals surface area contributed by atoms with Gasteiger partial charge in [0.25, 0.3) is 0 Å². The maximum Gasteiger partial charge on any atom is 0.410 e. The molecule has 4 aliphatic rings. The summed E-state index contributed by atoms with van der Waals surface area (Å²) in [6.45, 7) is 15.9. The van der Waals surface area contributed by atoms with Crippen LogP contribution in [0.1, 0.15) is 78.1 Å². The maximum absolute atomic E-state index is 13.0. The highest BCUT2D eigenvalue weighted by molar-refractivity contribution is 5.84. The number of ether oxygens (including phenoxy) is 2. The lowest BCUT2D eigenvalue weighted by atomic mass is 9.80. The van der Waals surface area contributed by atoms with E-state index in [-0.39, 0.29) is 29.5 Å². The fourth-order valence-electron chi connectivity index (χ4n) is 6.70. The van der Waals surface area contributed by atoms with Crippen molar-refractivity contribution in [2.75, 3.05) is 19.6 Å². The van der Waals surface area contributed by atoms with Crippen molar-refractivity contribution in [1.82, 2.24) is 19.6 Å². The highest BCUT2D eigenvalue weighted by atomic mass is 16.6. The molecule has 8 heteroatoms. The molecule has 2 aromatic rings. The van der Waals surface area contributed by atoms with Crippen LogP contribution in [0.2, 0.25) is 0 Å². The second kappa shape index (κ2) is 8.23. The van der Waals surface area contributed by atoms with Crippen molar-refractivity contribution in [3.05, 3.63) is 35.5 Å². The molecule has 2 saturated heterocycles. The average molecular weight is 521 g/mol. The number of para-hydroxylation sites is 1. The summed E-state index contributed by atoms with van der Waals surface area (Å²) in [7, 11) is 0. The Kier molecular flexibility index (Phi) is 5.47. The average Bonchev–Trinajstić information content (AvgIpc) is 3.43. The van der Waals surface area contributed by atoms with Gasteiger partial charge in [0.1, 0.15) is 17.0 Å². The normalized spacial score (nSPS) is 26.7. The van der Waals surface area contributed by atoms with E-state index in [0.29, 0.717) is 25.6 Å². The number of carbonyl (C=O) groups excluding carboxylic acids is 2. The largest absolute Gasteiger partial charge is 0.478 e. The molecule has 1 saturated carbocycles. The molecule has 2 amide bonds. The van der Waals surface area contributed by atoms with Gasteiger partial charge in [0.05, 0.1) is 19.1 Å². The zero-order chi connectivity index (χ0) is 27.2. The Balaban J connectivity index is 1.30. The van der Waals surface area contributed by atoms with E-state index in [0.717, 1.165) is 47.5 Å². The van der Waals surface area contributed by atoms with E-state index in [9.17, 15) is 9.59 Å². The Morgan fingerprint density at radius 2 is 1.84 bits per heavy atom. The third-order valence-corrected chi connectivity index (χ3v) is 8.80. The topological polar surface area (TPSA) is 76.9 Å². The number of rotatable bonds is 2. The number of benzene rings is 1. The van der Waals surface area contributed by atoms with Gasteiger partial charge in [-0.05, 0) is 78.9 Å².